The smallest absolute Gasteiger partial charge is 0.292 e. The molecule has 112 valence electrons. The molecule has 0 aliphatic carbocycles. The van der Waals surface area contributed by atoms with Crippen LogP contribution in [0.2, 0.25) is 0 Å². The van der Waals surface area contributed by atoms with E-state index in [4.69, 9.17) is 0 Å². The molecular formula is C11H11FN4O4S. The molecule has 10 heteroatoms. The van der Waals surface area contributed by atoms with Crippen LogP contribution in [0.15, 0.2) is 35.5 Å². The fourth-order valence-electron chi connectivity index (χ4n) is 1.70. The second-order valence-electron chi connectivity index (χ2n) is 4.17. The third-order valence-corrected chi connectivity index (χ3v) is 4.58. The van der Waals surface area contributed by atoms with Crippen molar-refractivity contribution in [3.05, 3.63) is 52.3 Å². The van der Waals surface area contributed by atoms with Gasteiger partial charge in [0, 0.05) is 19.4 Å². The average molecular weight is 314 g/mol. The summed E-state index contributed by atoms with van der Waals surface area (Å²) in [5, 5.41) is 10.9. The van der Waals surface area contributed by atoms with E-state index in [9.17, 15) is 22.9 Å². The highest BCUT2D eigenvalue weighted by atomic mass is 32.2. The predicted molar refractivity (Wildman–Crippen MR) is 70.3 cm³/mol. The predicted octanol–water partition coefficient (Wildman–Crippen LogP) is 1.28. The lowest BCUT2D eigenvalue weighted by Gasteiger charge is -2.15. The Bertz CT molecular complexity index is 761. The van der Waals surface area contributed by atoms with Crippen molar-refractivity contribution in [3.63, 3.8) is 0 Å². The van der Waals surface area contributed by atoms with E-state index in [1.54, 1.807) is 0 Å². The first-order chi connectivity index (χ1) is 9.82. The number of benzene rings is 1. The van der Waals surface area contributed by atoms with Crippen LogP contribution in [0.1, 0.15) is 5.82 Å². The molecule has 1 heterocycles. The molecule has 0 saturated heterocycles. The topological polar surface area (TPSA) is 109 Å². The lowest BCUT2D eigenvalue weighted by Crippen LogP contribution is -2.27. The molecule has 0 aliphatic rings. The molecule has 8 nitrogen and oxygen atoms in total. The van der Waals surface area contributed by atoms with Gasteiger partial charge >= 0.3 is 0 Å². The molecule has 0 radical (unpaired) electrons. The van der Waals surface area contributed by atoms with Gasteiger partial charge in [0.2, 0.25) is 10.0 Å². The number of hydrogen-bond donors (Lipinski definition) is 1. The van der Waals surface area contributed by atoms with Gasteiger partial charge in [-0.25, -0.2) is 17.8 Å². The zero-order chi connectivity index (χ0) is 15.6. The highest BCUT2D eigenvalue weighted by Crippen LogP contribution is 2.27. The van der Waals surface area contributed by atoms with Crippen LogP contribution < -0.4 is 0 Å². The molecule has 2 aromatic rings. The number of H-pyrrole nitrogens is 1. The van der Waals surface area contributed by atoms with Gasteiger partial charge in [-0.3, -0.25) is 10.1 Å². The minimum atomic E-state index is -4.14. The number of aromatic amines is 1. The van der Waals surface area contributed by atoms with Gasteiger partial charge in [-0.05, 0) is 12.1 Å². The maximum Gasteiger partial charge on any atom is 0.292 e. The van der Waals surface area contributed by atoms with E-state index in [-0.39, 0.29) is 6.54 Å². The molecule has 0 unspecified atom stereocenters. The van der Waals surface area contributed by atoms with Gasteiger partial charge in [0.1, 0.15) is 11.6 Å². The standard InChI is InChI=1S/C11H11FN4O4S/c1-15(7-11-13-4-5-14-11)21(19,20)10-3-2-8(12)6-9(10)16(17)18/h2-6H,7H2,1H3,(H,13,14). The van der Waals surface area contributed by atoms with Crippen LogP contribution >= 0.6 is 0 Å². The van der Waals surface area contributed by atoms with Gasteiger partial charge in [0.05, 0.1) is 17.5 Å². The Kier molecular flexibility index (Phi) is 4.00. The van der Waals surface area contributed by atoms with E-state index in [2.05, 4.69) is 9.97 Å². The molecule has 0 fully saturated rings. The summed E-state index contributed by atoms with van der Waals surface area (Å²) in [6.07, 6.45) is 2.98. The highest BCUT2D eigenvalue weighted by Gasteiger charge is 2.30. The number of nitro groups is 1. The van der Waals surface area contributed by atoms with Gasteiger partial charge in [-0.2, -0.15) is 4.31 Å². The van der Waals surface area contributed by atoms with Gasteiger partial charge in [-0.15, -0.1) is 0 Å². The molecule has 0 aliphatic heterocycles. The fourth-order valence-corrected chi connectivity index (χ4v) is 2.97. The van der Waals surface area contributed by atoms with E-state index >= 15 is 0 Å². The van der Waals surface area contributed by atoms with Crippen LogP contribution in [-0.2, 0) is 16.6 Å². The second-order valence-corrected chi connectivity index (χ2v) is 6.18. The Labute approximate surface area is 119 Å². The molecule has 1 aromatic carbocycles. The van der Waals surface area contributed by atoms with Crippen molar-refractivity contribution in [2.45, 2.75) is 11.4 Å². The summed E-state index contributed by atoms with van der Waals surface area (Å²) >= 11 is 0. The Hall–Kier alpha value is -2.33. The number of halogens is 1. The van der Waals surface area contributed by atoms with Crippen LogP contribution in [0.25, 0.3) is 0 Å². The first-order valence-corrected chi connectivity index (χ1v) is 7.15. The van der Waals surface area contributed by atoms with E-state index in [1.165, 1.54) is 19.4 Å². The van der Waals surface area contributed by atoms with Crippen LogP contribution in [0.3, 0.4) is 0 Å². The Morgan fingerprint density at radius 3 is 2.76 bits per heavy atom. The van der Waals surface area contributed by atoms with Gasteiger partial charge < -0.3 is 4.98 Å². The Morgan fingerprint density at radius 1 is 1.48 bits per heavy atom. The zero-order valence-electron chi connectivity index (χ0n) is 10.9. The fraction of sp³-hybridized carbons (Fsp3) is 0.182. The largest absolute Gasteiger partial charge is 0.347 e. The summed E-state index contributed by atoms with van der Waals surface area (Å²) in [5.41, 5.74) is -0.804. The SMILES string of the molecule is CN(Cc1ncc[nH]1)S(=O)(=O)c1ccc(F)cc1[N+](=O)[O-]. The molecule has 21 heavy (non-hydrogen) atoms. The van der Waals surface area contributed by atoms with E-state index in [0.717, 1.165) is 16.4 Å². The van der Waals surface area contributed by atoms with Crippen molar-refractivity contribution >= 4 is 15.7 Å². The third kappa shape index (κ3) is 3.06. The molecule has 0 spiro atoms. The number of nitrogens with one attached hydrogen (secondary N) is 1. The number of nitrogens with zero attached hydrogens (tertiary/aromatic N) is 3. The maximum atomic E-state index is 13.1. The van der Waals surface area contributed by atoms with Crippen LogP contribution in [0.4, 0.5) is 10.1 Å². The second kappa shape index (κ2) is 5.58. The van der Waals surface area contributed by atoms with E-state index in [1.807, 2.05) is 0 Å². The van der Waals surface area contributed by atoms with Crippen LogP contribution in [0, 0.1) is 15.9 Å². The molecular weight excluding hydrogens is 303 g/mol. The highest BCUT2D eigenvalue weighted by molar-refractivity contribution is 7.89. The molecule has 0 bridgehead atoms. The summed E-state index contributed by atoms with van der Waals surface area (Å²) in [6.45, 7) is -0.0934. The number of nitro benzene ring substituents is 1. The summed E-state index contributed by atoms with van der Waals surface area (Å²) in [5.74, 6) is -0.500. The zero-order valence-corrected chi connectivity index (χ0v) is 11.7. The van der Waals surface area contributed by atoms with Crippen LogP contribution in [-0.4, -0.2) is 34.7 Å². The molecule has 1 aromatic heterocycles. The molecule has 1 N–H and O–H groups in total. The van der Waals surface area contributed by atoms with Gasteiger partial charge in [0.15, 0.2) is 4.90 Å². The van der Waals surface area contributed by atoms with E-state index < -0.39 is 31.3 Å². The summed E-state index contributed by atoms with van der Waals surface area (Å²) in [4.78, 5) is 16.0. The summed E-state index contributed by atoms with van der Waals surface area (Å²) < 4.78 is 38.7. The van der Waals surface area contributed by atoms with E-state index in [0.29, 0.717) is 11.9 Å². The summed E-state index contributed by atoms with van der Waals surface area (Å²) in [7, 11) is -2.89. The van der Waals surface area contributed by atoms with Crippen molar-refractivity contribution < 1.29 is 17.7 Å². The van der Waals surface area contributed by atoms with Crippen molar-refractivity contribution in [2.75, 3.05) is 7.05 Å². The first kappa shape index (κ1) is 15.1. The number of rotatable bonds is 5. The van der Waals surface area contributed by atoms with Crippen LogP contribution in [0.5, 0.6) is 0 Å². The Morgan fingerprint density at radius 2 is 2.19 bits per heavy atom. The number of aromatic nitrogens is 2. The summed E-state index contributed by atoms with van der Waals surface area (Å²) in [6, 6.07) is 2.32. The molecule has 0 atom stereocenters. The normalized spacial score (nSPS) is 11.8. The van der Waals surface area contributed by atoms with Crippen molar-refractivity contribution in [1.82, 2.24) is 14.3 Å². The lowest BCUT2D eigenvalue weighted by atomic mass is 10.3. The minimum absolute atomic E-state index is 0.0934. The van der Waals surface area contributed by atoms with Gasteiger partial charge in [-0.1, -0.05) is 0 Å². The first-order valence-electron chi connectivity index (χ1n) is 5.71. The monoisotopic (exact) mass is 314 g/mol. The molecule has 2 rings (SSSR count). The average Bonchev–Trinajstić information content (AvgIpc) is 2.91. The molecule has 0 saturated carbocycles. The number of sulfonamides is 1. The minimum Gasteiger partial charge on any atom is -0.347 e. The van der Waals surface area contributed by atoms with Crippen molar-refractivity contribution in [1.29, 1.82) is 0 Å². The third-order valence-electron chi connectivity index (χ3n) is 2.73. The Balaban J connectivity index is 2.41. The van der Waals surface area contributed by atoms with Crippen molar-refractivity contribution in [3.8, 4) is 0 Å². The maximum absolute atomic E-state index is 13.1. The molecule has 0 amide bonds. The quantitative estimate of drug-likeness (QED) is 0.660. The van der Waals surface area contributed by atoms with Crippen molar-refractivity contribution in [2.24, 2.45) is 0 Å². The lowest BCUT2D eigenvalue weighted by molar-refractivity contribution is -0.388. The van der Waals surface area contributed by atoms with Gasteiger partial charge in [0.25, 0.3) is 5.69 Å². The number of hydrogen-bond acceptors (Lipinski definition) is 5. The number of imidazole rings is 1.